The molecule has 1 fully saturated rings. The van der Waals surface area contributed by atoms with Crippen LogP contribution >= 0.6 is 0 Å². The minimum absolute atomic E-state index is 0. The van der Waals surface area contributed by atoms with Crippen molar-refractivity contribution in [3.05, 3.63) is 47.7 Å². The fourth-order valence-electron chi connectivity index (χ4n) is 2.93. The Balaban J connectivity index is 0. The molecule has 0 aromatic carbocycles. The molecule has 0 atom stereocenters. The maximum Gasteiger partial charge on any atom is 4.00 e. The molecular formula is C17H24Cl2SiZr. The Morgan fingerprint density at radius 1 is 1.19 bits per heavy atom. The number of unbranched alkanes of at least 4 members (excludes halogenated alkanes) is 1. The molecule has 21 heavy (non-hydrogen) atoms. The van der Waals surface area contributed by atoms with Gasteiger partial charge in [-0.1, -0.05) is 44.3 Å². The van der Waals surface area contributed by atoms with Crippen molar-refractivity contribution in [3.63, 3.8) is 0 Å². The van der Waals surface area contributed by atoms with Crippen molar-refractivity contribution >= 4 is 8.07 Å². The number of hydrogen-bond donors (Lipinski definition) is 0. The summed E-state index contributed by atoms with van der Waals surface area (Å²) in [6.45, 7) is 2.31. The van der Waals surface area contributed by atoms with Crippen LogP contribution in [0.1, 0.15) is 39.0 Å². The fourth-order valence-corrected chi connectivity index (χ4v) is 7.51. The third-order valence-corrected chi connectivity index (χ3v) is 9.80. The topological polar surface area (TPSA) is 0 Å². The number of hydrogen-bond acceptors (Lipinski definition) is 0. The molecule has 4 heteroatoms. The van der Waals surface area contributed by atoms with E-state index in [-0.39, 0.29) is 51.0 Å². The molecule has 0 radical (unpaired) electrons. The maximum absolute atomic E-state index is 3.51. The van der Waals surface area contributed by atoms with Gasteiger partial charge in [0.1, 0.15) is 0 Å². The molecule has 0 aromatic heterocycles. The molecule has 3 aliphatic rings. The molecule has 114 valence electrons. The van der Waals surface area contributed by atoms with E-state index in [2.05, 4.69) is 37.3 Å². The quantitative estimate of drug-likeness (QED) is 0.414. The van der Waals surface area contributed by atoms with Crippen LogP contribution in [-0.4, -0.2) is 8.07 Å². The average Bonchev–Trinajstić information content (AvgIpc) is 3.04. The largest absolute Gasteiger partial charge is 4.00 e. The van der Waals surface area contributed by atoms with Gasteiger partial charge in [0.15, 0.2) is 0 Å². The van der Waals surface area contributed by atoms with Gasteiger partial charge < -0.3 is 24.8 Å². The molecule has 0 spiro atoms. The molecular weight excluding hydrogens is 394 g/mol. The summed E-state index contributed by atoms with van der Waals surface area (Å²) in [5.74, 6) is 0. The Kier molecular flexibility index (Phi) is 14.9. The van der Waals surface area contributed by atoms with Crippen LogP contribution in [0.4, 0.5) is 0 Å². The van der Waals surface area contributed by atoms with Crippen LogP contribution in [0, 0.1) is 12.2 Å². The Morgan fingerprint density at radius 2 is 1.95 bits per heavy atom. The van der Waals surface area contributed by atoms with Gasteiger partial charge in [-0.3, -0.25) is 12.2 Å². The van der Waals surface area contributed by atoms with Crippen LogP contribution in [-0.2, 0) is 26.2 Å². The molecule has 0 saturated carbocycles. The van der Waals surface area contributed by atoms with Crippen LogP contribution in [0.3, 0.4) is 0 Å². The van der Waals surface area contributed by atoms with Gasteiger partial charge in [0.2, 0.25) is 0 Å². The van der Waals surface area contributed by atoms with Crippen LogP contribution in [0.25, 0.3) is 0 Å². The van der Waals surface area contributed by atoms with E-state index in [0.717, 1.165) is 6.42 Å². The van der Waals surface area contributed by atoms with Gasteiger partial charge in [-0.25, -0.2) is 24.3 Å². The summed E-state index contributed by atoms with van der Waals surface area (Å²) in [4.78, 5) is 0. The molecule has 0 aromatic rings. The molecule has 0 amide bonds. The van der Waals surface area contributed by atoms with Crippen molar-refractivity contribution in [2.24, 2.45) is 0 Å². The summed E-state index contributed by atoms with van der Waals surface area (Å²) >= 11 is 0. The Morgan fingerprint density at radius 3 is 2.29 bits per heavy atom. The number of rotatable bonds is 4. The van der Waals surface area contributed by atoms with Gasteiger partial charge in [-0.2, -0.15) is 11.3 Å². The first kappa shape index (κ1) is 23.9. The summed E-state index contributed by atoms with van der Waals surface area (Å²) in [6.07, 6.45) is 23.5. The third kappa shape index (κ3) is 7.16. The van der Waals surface area contributed by atoms with Crippen molar-refractivity contribution < 1.29 is 51.0 Å². The molecule has 1 heterocycles. The second-order valence-electron chi connectivity index (χ2n) is 5.47. The van der Waals surface area contributed by atoms with E-state index in [4.69, 9.17) is 0 Å². The summed E-state index contributed by atoms with van der Waals surface area (Å²) < 4.78 is 0. The van der Waals surface area contributed by atoms with Crippen molar-refractivity contribution in [2.45, 2.75) is 57.2 Å². The summed E-state index contributed by atoms with van der Waals surface area (Å²) in [7, 11) is -0.888. The zero-order valence-electron chi connectivity index (χ0n) is 12.8. The normalized spacial score (nSPS) is 19.2. The zero-order chi connectivity index (χ0) is 12.7. The first-order chi connectivity index (χ1) is 8.87. The second-order valence-corrected chi connectivity index (χ2v) is 10.1. The van der Waals surface area contributed by atoms with E-state index < -0.39 is 8.07 Å². The van der Waals surface area contributed by atoms with Crippen LogP contribution in [0.2, 0.25) is 18.1 Å². The fraction of sp³-hybridized carbons (Fsp3) is 0.529. The number of halogens is 2. The Bertz CT molecular complexity index is 372. The standard InChI is InChI=1S/C12H19Si.C5H5.2ClH.Zr/c1-2-3-9-13(10-6-11-13)12-7-4-5-8-12;1-2-4-5-3-1;;;/h4-5H,2-3,6-7,9-11H2,1H3;1-3H,4H2;2*1H;/q2*-1;;;+4/p-2. The molecule has 3 rings (SSSR count). The first-order valence-electron chi connectivity index (χ1n) is 7.37. The molecule has 0 bridgehead atoms. The molecule has 0 unspecified atom stereocenters. The van der Waals surface area contributed by atoms with E-state index in [1.54, 1.807) is 23.3 Å². The maximum atomic E-state index is 3.51. The Hall–Kier alpha value is 0.640. The van der Waals surface area contributed by atoms with Gasteiger partial charge in [0, 0.05) is 0 Å². The van der Waals surface area contributed by atoms with Gasteiger partial charge in [-0.15, -0.1) is 12.8 Å². The number of allylic oxidation sites excluding steroid dienone is 8. The van der Waals surface area contributed by atoms with Crippen molar-refractivity contribution in [1.82, 2.24) is 0 Å². The van der Waals surface area contributed by atoms with Crippen LogP contribution in [0.15, 0.2) is 35.6 Å². The molecule has 0 N–H and O–H groups in total. The summed E-state index contributed by atoms with van der Waals surface area (Å²) in [5, 5.41) is 1.74. The van der Waals surface area contributed by atoms with E-state index in [1.807, 2.05) is 12.2 Å². The summed E-state index contributed by atoms with van der Waals surface area (Å²) in [6, 6.07) is 4.68. The Labute approximate surface area is 163 Å². The smallest absolute Gasteiger partial charge is 1.00 e. The van der Waals surface area contributed by atoms with Crippen LogP contribution < -0.4 is 24.8 Å². The predicted molar refractivity (Wildman–Crippen MR) is 81.8 cm³/mol. The van der Waals surface area contributed by atoms with E-state index in [0.29, 0.717) is 0 Å². The van der Waals surface area contributed by atoms with E-state index in [1.165, 1.54) is 25.7 Å². The van der Waals surface area contributed by atoms with Gasteiger partial charge >= 0.3 is 26.2 Å². The van der Waals surface area contributed by atoms with Gasteiger partial charge in [0.25, 0.3) is 0 Å². The molecule has 1 saturated heterocycles. The third-order valence-electron chi connectivity index (χ3n) is 4.24. The van der Waals surface area contributed by atoms with Crippen molar-refractivity contribution in [1.29, 1.82) is 0 Å². The molecule has 2 aliphatic carbocycles. The second kappa shape index (κ2) is 13.1. The van der Waals surface area contributed by atoms with Gasteiger partial charge in [-0.05, 0) is 0 Å². The monoisotopic (exact) mass is 416 g/mol. The minimum atomic E-state index is -0.888. The predicted octanol–water partition coefficient (Wildman–Crippen LogP) is -0.821. The van der Waals surface area contributed by atoms with E-state index >= 15 is 0 Å². The first-order valence-corrected chi connectivity index (χ1v) is 9.99. The van der Waals surface area contributed by atoms with Crippen molar-refractivity contribution in [2.75, 3.05) is 0 Å². The summed E-state index contributed by atoms with van der Waals surface area (Å²) in [5.41, 5.74) is 0. The molecule has 0 nitrogen and oxygen atoms in total. The van der Waals surface area contributed by atoms with Crippen molar-refractivity contribution in [3.8, 4) is 0 Å². The molecule has 1 aliphatic heterocycles. The average molecular weight is 419 g/mol. The minimum Gasteiger partial charge on any atom is -1.00 e. The zero-order valence-corrected chi connectivity index (χ0v) is 17.8. The van der Waals surface area contributed by atoms with E-state index in [9.17, 15) is 0 Å². The van der Waals surface area contributed by atoms with Gasteiger partial charge in [0.05, 0.1) is 8.07 Å². The van der Waals surface area contributed by atoms with Crippen LogP contribution in [0.5, 0.6) is 0 Å². The SMILES string of the molecule is CCCC[Si]1(C2=[C-]C=CC2)CCC1.[C-]1=CC=CC1.[Cl-].[Cl-].[Zr+4].